The number of hydrogen-bond donors (Lipinski definition) is 1. The molecule has 1 aromatic rings. The van der Waals surface area contributed by atoms with Gasteiger partial charge in [0.15, 0.2) is 5.69 Å². The molecule has 1 aromatic heterocycles. The van der Waals surface area contributed by atoms with Gasteiger partial charge in [0.2, 0.25) is 0 Å². The average Bonchev–Trinajstić information content (AvgIpc) is 3.05. The van der Waals surface area contributed by atoms with Crippen LogP contribution in [0.25, 0.3) is 0 Å². The van der Waals surface area contributed by atoms with E-state index in [2.05, 4.69) is 17.2 Å². The fraction of sp³-hybridized carbons (Fsp3) is 0.750. The van der Waals surface area contributed by atoms with E-state index in [1.165, 1.54) is 12.8 Å². The molecular formula is C12H20N4O2. The predicted octanol–water partition coefficient (Wildman–Crippen LogP) is 0.927. The third-order valence-electron chi connectivity index (χ3n) is 3.38. The highest BCUT2D eigenvalue weighted by atomic mass is 16.5. The van der Waals surface area contributed by atoms with Gasteiger partial charge in [-0.2, -0.15) is 0 Å². The van der Waals surface area contributed by atoms with Crippen LogP contribution in [0.2, 0.25) is 0 Å². The molecule has 2 rings (SSSR count). The van der Waals surface area contributed by atoms with E-state index in [4.69, 9.17) is 10.5 Å². The van der Waals surface area contributed by atoms with Crippen LogP contribution in [0.4, 0.5) is 0 Å². The molecule has 0 aromatic carbocycles. The van der Waals surface area contributed by atoms with Crippen LogP contribution >= 0.6 is 0 Å². The van der Waals surface area contributed by atoms with E-state index < -0.39 is 5.91 Å². The Morgan fingerprint density at radius 2 is 2.33 bits per heavy atom. The van der Waals surface area contributed by atoms with E-state index in [9.17, 15) is 4.79 Å². The first kappa shape index (κ1) is 13.0. The van der Waals surface area contributed by atoms with E-state index in [1.54, 1.807) is 7.11 Å². The Balaban J connectivity index is 2.29. The minimum Gasteiger partial charge on any atom is -0.382 e. The van der Waals surface area contributed by atoms with Crippen LogP contribution in [0.1, 0.15) is 48.4 Å². The van der Waals surface area contributed by atoms with Crippen molar-refractivity contribution in [2.75, 3.05) is 13.7 Å². The van der Waals surface area contributed by atoms with Crippen molar-refractivity contribution in [3.63, 3.8) is 0 Å². The number of nitrogens with two attached hydrogens (primary N) is 1. The van der Waals surface area contributed by atoms with E-state index in [1.807, 2.05) is 4.68 Å². The summed E-state index contributed by atoms with van der Waals surface area (Å²) in [6, 6.07) is 0.115. The van der Waals surface area contributed by atoms with Gasteiger partial charge < -0.3 is 10.5 Å². The number of rotatable bonds is 7. The topological polar surface area (TPSA) is 83.0 Å². The van der Waals surface area contributed by atoms with Crippen molar-refractivity contribution in [2.24, 2.45) is 11.7 Å². The summed E-state index contributed by atoms with van der Waals surface area (Å²) >= 11 is 0. The van der Waals surface area contributed by atoms with Gasteiger partial charge in [0.25, 0.3) is 5.91 Å². The SMILES string of the molecule is CCC(COC)n1nnc(C(N)=O)c1CC1CC1. The Hall–Kier alpha value is -1.43. The molecule has 0 radical (unpaired) electrons. The second-order valence-corrected chi connectivity index (χ2v) is 4.86. The van der Waals surface area contributed by atoms with Gasteiger partial charge in [0.1, 0.15) is 0 Å². The summed E-state index contributed by atoms with van der Waals surface area (Å²) in [7, 11) is 1.66. The summed E-state index contributed by atoms with van der Waals surface area (Å²) in [5, 5.41) is 8.02. The Morgan fingerprint density at radius 1 is 1.61 bits per heavy atom. The van der Waals surface area contributed by atoms with Crippen molar-refractivity contribution >= 4 is 5.91 Å². The van der Waals surface area contributed by atoms with E-state index in [0.29, 0.717) is 18.2 Å². The minimum atomic E-state index is -0.496. The molecule has 18 heavy (non-hydrogen) atoms. The van der Waals surface area contributed by atoms with Crippen molar-refractivity contribution < 1.29 is 9.53 Å². The zero-order valence-corrected chi connectivity index (χ0v) is 10.9. The maximum absolute atomic E-state index is 11.4. The second-order valence-electron chi connectivity index (χ2n) is 4.86. The van der Waals surface area contributed by atoms with Gasteiger partial charge in [0.05, 0.1) is 18.3 Å². The van der Waals surface area contributed by atoms with Crippen LogP contribution in [-0.4, -0.2) is 34.6 Å². The molecule has 0 spiro atoms. The average molecular weight is 252 g/mol. The molecule has 6 heteroatoms. The molecule has 1 heterocycles. The molecule has 1 amide bonds. The molecule has 1 atom stereocenters. The van der Waals surface area contributed by atoms with Crippen molar-refractivity contribution in [2.45, 2.75) is 38.6 Å². The molecule has 6 nitrogen and oxygen atoms in total. The van der Waals surface area contributed by atoms with Crippen LogP contribution in [0.15, 0.2) is 0 Å². The van der Waals surface area contributed by atoms with Crippen LogP contribution < -0.4 is 5.73 Å². The molecule has 0 saturated heterocycles. The minimum absolute atomic E-state index is 0.115. The number of amides is 1. The van der Waals surface area contributed by atoms with Gasteiger partial charge in [-0.15, -0.1) is 5.10 Å². The fourth-order valence-electron chi connectivity index (χ4n) is 2.14. The van der Waals surface area contributed by atoms with E-state index in [0.717, 1.165) is 18.5 Å². The molecule has 2 N–H and O–H groups in total. The maximum atomic E-state index is 11.4. The Labute approximate surface area is 106 Å². The van der Waals surface area contributed by atoms with Gasteiger partial charge in [-0.05, 0) is 31.6 Å². The Kier molecular flexibility index (Phi) is 3.96. The Morgan fingerprint density at radius 3 is 2.83 bits per heavy atom. The van der Waals surface area contributed by atoms with Crippen LogP contribution in [0, 0.1) is 5.92 Å². The molecule has 1 aliphatic rings. The molecule has 0 aliphatic heterocycles. The van der Waals surface area contributed by atoms with Gasteiger partial charge in [-0.3, -0.25) is 4.79 Å². The third kappa shape index (κ3) is 2.69. The van der Waals surface area contributed by atoms with Crippen molar-refractivity contribution in [3.05, 3.63) is 11.4 Å². The normalized spacial score (nSPS) is 16.8. The standard InChI is InChI=1S/C12H20N4O2/c1-3-9(7-18-2)16-10(6-8-4-5-8)11(12(13)17)14-15-16/h8-9H,3-7H2,1-2H3,(H2,13,17). The number of methoxy groups -OCH3 is 1. The largest absolute Gasteiger partial charge is 0.382 e. The number of ether oxygens (including phenoxy) is 1. The maximum Gasteiger partial charge on any atom is 0.271 e. The number of nitrogens with zero attached hydrogens (tertiary/aromatic N) is 3. The van der Waals surface area contributed by atoms with Crippen LogP contribution in [0.5, 0.6) is 0 Å². The highest BCUT2D eigenvalue weighted by molar-refractivity contribution is 5.91. The number of carbonyl (C=O) groups is 1. The number of aromatic nitrogens is 3. The molecule has 0 bridgehead atoms. The highest BCUT2D eigenvalue weighted by Gasteiger charge is 2.29. The first-order valence-electron chi connectivity index (χ1n) is 6.40. The van der Waals surface area contributed by atoms with Gasteiger partial charge in [0, 0.05) is 7.11 Å². The lowest BCUT2D eigenvalue weighted by atomic mass is 10.1. The number of carbonyl (C=O) groups excluding carboxylic acids is 1. The second kappa shape index (κ2) is 5.48. The van der Waals surface area contributed by atoms with Gasteiger partial charge in [-0.25, -0.2) is 4.68 Å². The Bertz CT molecular complexity index is 426. The number of primary amides is 1. The quantitative estimate of drug-likeness (QED) is 0.782. The van der Waals surface area contributed by atoms with Crippen molar-refractivity contribution in [3.8, 4) is 0 Å². The summed E-state index contributed by atoms with van der Waals surface area (Å²) in [4.78, 5) is 11.4. The molecular weight excluding hydrogens is 232 g/mol. The van der Waals surface area contributed by atoms with Crippen LogP contribution in [-0.2, 0) is 11.2 Å². The lowest BCUT2D eigenvalue weighted by Crippen LogP contribution is -2.20. The first-order chi connectivity index (χ1) is 8.67. The lowest BCUT2D eigenvalue weighted by Gasteiger charge is -2.16. The summed E-state index contributed by atoms with van der Waals surface area (Å²) < 4.78 is 7.01. The smallest absolute Gasteiger partial charge is 0.271 e. The highest BCUT2D eigenvalue weighted by Crippen LogP contribution is 2.33. The van der Waals surface area contributed by atoms with Crippen LogP contribution in [0.3, 0.4) is 0 Å². The number of hydrogen-bond acceptors (Lipinski definition) is 4. The monoisotopic (exact) mass is 252 g/mol. The van der Waals surface area contributed by atoms with Crippen molar-refractivity contribution in [1.29, 1.82) is 0 Å². The van der Waals surface area contributed by atoms with Gasteiger partial charge in [-0.1, -0.05) is 12.1 Å². The zero-order valence-electron chi connectivity index (χ0n) is 10.9. The summed E-state index contributed by atoms with van der Waals surface area (Å²) in [6.45, 7) is 2.63. The molecule has 1 unspecified atom stereocenters. The third-order valence-corrected chi connectivity index (χ3v) is 3.38. The molecule has 1 aliphatic carbocycles. The molecule has 1 saturated carbocycles. The molecule has 100 valence electrons. The summed E-state index contributed by atoms with van der Waals surface area (Å²) in [6.07, 6.45) is 4.15. The summed E-state index contributed by atoms with van der Waals surface area (Å²) in [5.41, 5.74) is 6.54. The van der Waals surface area contributed by atoms with Gasteiger partial charge >= 0.3 is 0 Å². The first-order valence-corrected chi connectivity index (χ1v) is 6.40. The van der Waals surface area contributed by atoms with E-state index >= 15 is 0 Å². The fourth-order valence-corrected chi connectivity index (χ4v) is 2.14. The lowest BCUT2D eigenvalue weighted by molar-refractivity contribution is 0.0994. The predicted molar refractivity (Wildman–Crippen MR) is 66.2 cm³/mol. The summed E-state index contributed by atoms with van der Waals surface area (Å²) in [5.74, 6) is 0.157. The zero-order chi connectivity index (χ0) is 13.1. The van der Waals surface area contributed by atoms with E-state index in [-0.39, 0.29) is 6.04 Å². The molecule has 1 fully saturated rings. The van der Waals surface area contributed by atoms with Crippen molar-refractivity contribution in [1.82, 2.24) is 15.0 Å².